The normalized spacial score (nSPS) is 15.3. The molecule has 0 aromatic heterocycles. The van der Waals surface area contributed by atoms with E-state index in [-0.39, 0.29) is 18.9 Å². The highest BCUT2D eigenvalue weighted by molar-refractivity contribution is 7.47. The summed E-state index contributed by atoms with van der Waals surface area (Å²) in [5.74, 6) is -0.386. The van der Waals surface area contributed by atoms with Crippen LogP contribution in [0.25, 0.3) is 0 Å². The molecular formula is C40H72O14P2. The minimum atomic E-state index is -4.87. The van der Waals surface area contributed by atoms with Gasteiger partial charge in [0.05, 0.1) is 25.9 Å². The lowest BCUT2D eigenvalue weighted by Gasteiger charge is -2.20. The number of allylic oxidation sites excluding steroid dienone is 7. The molecule has 0 heterocycles. The van der Waals surface area contributed by atoms with Gasteiger partial charge in [-0.3, -0.25) is 23.2 Å². The number of phosphoric acid groups is 2. The van der Waals surface area contributed by atoms with Gasteiger partial charge in [0.2, 0.25) is 0 Å². The molecule has 0 fully saturated rings. The minimum Gasteiger partial charge on any atom is -0.462 e. The monoisotopic (exact) mass is 838 g/mol. The number of carbonyl (C=O) groups excluding carboxylic acids is 2. The lowest BCUT2D eigenvalue weighted by Crippen LogP contribution is -2.29. The molecule has 2 unspecified atom stereocenters. The van der Waals surface area contributed by atoms with Crippen molar-refractivity contribution in [2.75, 3.05) is 26.4 Å². The zero-order valence-corrected chi connectivity index (χ0v) is 35.8. The SMILES string of the molecule is CCCC(O)C/C=C\C/C=C\C/C=C\C/C=C\CCCC(=O)O[C@H](COC(=O)CCCCCCCCCCC(C)C)COP(=O)(O)OC[C@@H](O)COP(=O)(O)O. The maximum Gasteiger partial charge on any atom is 0.472 e. The molecular weight excluding hydrogens is 766 g/mol. The number of unbranched alkanes of at least 4 members (excludes halogenated alkanes) is 8. The molecule has 0 spiro atoms. The molecule has 56 heavy (non-hydrogen) atoms. The zero-order chi connectivity index (χ0) is 41.9. The average Bonchev–Trinajstić information content (AvgIpc) is 3.13. The molecule has 0 aromatic rings. The highest BCUT2D eigenvalue weighted by atomic mass is 31.2. The van der Waals surface area contributed by atoms with Gasteiger partial charge >= 0.3 is 27.6 Å². The van der Waals surface area contributed by atoms with E-state index in [2.05, 4.69) is 60.2 Å². The Morgan fingerprint density at radius 2 is 1.11 bits per heavy atom. The van der Waals surface area contributed by atoms with Crippen LogP contribution >= 0.6 is 15.6 Å². The first-order valence-electron chi connectivity index (χ1n) is 20.3. The summed E-state index contributed by atoms with van der Waals surface area (Å²) in [6, 6.07) is 0. The first-order chi connectivity index (χ1) is 26.6. The number of ether oxygens (including phenoxy) is 2. The van der Waals surface area contributed by atoms with Gasteiger partial charge in [-0.15, -0.1) is 0 Å². The summed E-state index contributed by atoms with van der Waals surface area (Å²) in [4.78, 5) is 52.5. The quantitative estimate of drug-likeness (QED) is 0.0171. The van der Waals surface area contributed by atoms with Crippen molar-refractivity contribution in [3.05, 3.63) is 48.6 Å². The lowest BCUT2D eigenvalue weighted by molar-refractivity contribution is -0.161. The Morgan fingerprint density at radius 3 is 1.70 bits per heavy atom. The second-order valence-electron chi connectivity index (χ2n) is 14.2. The average molecular weight is 839 g/mol. The molecule has 0 aromatic carbocycles. The van der Waals surface area contributed by atoms with E-state index in [1.165, 1.54) is 32.1 Å². The molecule has 0 saturated heterocycles. The number of aliphatic hydroxyl groups is 2. The second kappa shape index (κ2) is 35.0. The van der Waals surface area contributed by atoms with Gasteiger partial charge in [-0.05, 0) is 57.3 Å². The third kappa shape index (κ3) is 38.9. The summed E-state index contributed by atoms with van der Waals surface area (Å²) in [5.41, 5.74) is 0. The van der Waals surface area contributed by atoms with Gasteiger partial charge < -0.3 is 34.4 Å². The molecule has 0 radical (unpaired) electrons. The van der Waals surface area contributed by atoms with Crippen LogP contribution in [-0.2, 0) is 41.8 Å². The Hall–Kier alpha value is -1.96. The number of hydrogen-bond donors (Lipinski definition) is 5. The first kappa shape index (κ1) is 54.0. The third-order valence-electron chi connectivity index (χ3n) is 8.19. The van der Waals surface area contributed by atoms with E-state index in [1.54, 1.807) is 0 Å². The number of esters is 2. The van der Waals surface area contributed by atoms with Crippen LogP contribution in [-0.4, -0.2) is 81.6 Å². The number of phosphoric ester groups is 2. The summed E-state index contributed by atoms with van der Waals surface area (Å²) in [5, 5.41) is 19.4. The standard InChI is InChI=1S/C40H72O14P2/c1-4-26-36(41)28-23-19-15-10-8-6-5-7-9-11-17-21-25-30-40(44)54-38(34-53-56(48,49)52-32-37(42)31-51-55(45,46)47)33-50-39(43)29-24-20-16-13-12-14-18-22-27-35(2)3/h5,7-8,10-11,17,19,23,35-38,41-42H,4,6,9,12-16,18,20-22,24-34H2,1-3H3,(H,48,49)(H2,45,46,47)/b7-5-,10-8-,17-11-,23-19-/t36?,37-,38+/m0/s1. The van der Waals surface area contributed by atoms with E-state index < -0.39 is 66.2 Å². The fraction of sp³-hybridized carbons (Fsp3) is 0.750. The number of aliphatic hydroxyl groups excluding tert-OH is 2. The summed E-state index contributed by atoms with van der Waals surface area (Å²) in [7, 11) is -9.70. The van der Waals surface area contributed by atoms with Crippen LogP contribution in [0.2, 0.25) is 0 Å². The van der Waals surface area contributed by atoms with Gasteiger partial charge in [-0.1, -0.05) is 127 Å². The molecule has 4 atom stereocenters. The molecule has 16 heteroatoms. The first-order valence-corrected chi connectivity index (χ1v) is 23.3. The third-order valence-corrected chi connectivity index (χ3v) is 9.63. The van der Waals surface area contributed by atoms with Crippen molar-refractivity contribution in [1.29, 1.82) is 0 Å². The van der Waals surface area contributed by atoms with E-state index in [4.69, 9.17) is 23.8 Å². The van der Waals surface area contributed by atoms with Crippen LogP contribution in [0.1, 0.15) is 143 Å². The Morgan fingerprint density at radius 1 is 0.589 bits per heavy atom. The molecule has 0 aliphatic carbocycles. The van der Waals surface area contributed by atoms with Crippen molar-refractivity contribution in [3.63, 3.8) is 0 Å². The maximum absolute atomic E-state index is 12.6. The van der Waals surface area contributed by atoms with Crippen molar-refractivity contribution in [2.24, 2.45) is 5.92 Å². The van der Waals surface area contributed by atoms with Crippen molar-refractivity contribution >= 4 is 27.6 Å². The van der Waals surface area contributed by atoms with Crippen molar-refractivity contribution < 1.29 is 66.7 Å². The van der Waals surface area contributed by atoms with Gasteiger partial charge in [0.1, 0.15) is 12.7 Å². The van der Waals surface area contributed by atoms with E-state index in [9.17, 15) is 33.8 Å². The molecule has 0 amide bonds. The Bertz CT molecular complexity index is 1210. The molecule has 0 aliphatic heterocycles. The van der Waals surface area contributed by atoms with Crippen molar-refractivity contribution in [2.45, 2.75) is 161 Å². The van der Waals surface area contributed by atoms with E-state index in [1.807, 2.05) is 18.2 Å². The van der Waals surface area contributed by atoms with Crippen LogP contribution in [0.3, 0.4) is 0 Å². The summed E-state index contributed by atoms with van der Waals surface area (Å²) < 4.78 is 47.5. The van der Waals surface area contributed by atoms with Crippen LogP contribution in [0.5, 0.6) is 0 Å². The van der Waals surface area contributed by atoms with Gasteiger partial charge in [0.15, 0.2) is 6.10 Å². The van der Waals surface area contributed by atoms with E-state index >= 15 is 0 Å². The van der Waals surface area contributed by atoms with E-state index in [0.717, 1.165) is 57.3 Å². The highest BCUT2D eigenvalue weighted by Gasteiger charge is 2.28. The maximum atomic E-state index is 12.6. The summed E-state index contributed by atoms with van der Waals surface area (Å²) >= 11 is 0. The summed E-state index contributed by atoms with van der Waals surface area (Å²) in [6.07, 6.45) is 29.2. The Kier molecular flexibility index (Phi) is 33.8. The Balaban J connectivity index is 4.68. The smallest absolute Gasteiger partial charge is 0.462 e. The fourth-order valence-electron chi connectivity index (χ4n) is 5.13. The fourth-order valence-corrected chi connectivity index (χ4v) is 6.28. The zero-order valence-electron chi connectivity index (χ0n) is 34.0. The molecule has 14 nitrogen and oxygen atoms in total. The largest absolute Gasteiger partial charge is 0.472 e. The van der Waals surface area contributed by atoms with Crippen molar-refractivity contribution in [3.8, 4) is 0 Å². The lowest BCUT2D eigenvalue weighted by atomic mass is 10.0. The van der Waals surface area contributed by atoms with Crippen LogP contribution < -0.4 is 0 Å². The minimum absolute atomic E-state index is 0.0399. The van der Waals surface area contributed by atoms with Crippen LogP contribution in [0.15, 0.2) is 48.6 Å². The molecule has 5 N–H and O–H groups in total. The molecule has 326 valence electrons. The van der Waals surface area contributed by atoms with Crippen molar-refractivity contribution in [1.82, 2.24) is 0 Å². The number of carbonyl (C=O) groups is 2. The number of rotatable bonds is 37. The van der Waals surface area contributed by atoms with Crippen LogP contribution in [0, 0.1) is 5.92 Å². The van der Waals surface area contributed by atoms with E-state index in [0.29, 0.717) is 25.7 Å². The highest BCUT2D eigenvalue weighted by Crippen LogP contribution is 2.43. The molecule has 0 rings (SSSR count). The second-order valence-corrected chi connectivity index (χ2v) is 16.9. The topological polar surface area (TPSA) is 216 Å². The predicted octanol–water partition coefficient (Wildman–Crippen LogP) is 8.72. The number of hydrogen-bond acceptors (Lipinski definition) is 11. The predicted molar refractivity (Wildman–Crippen MR) is 217 cm³/mol. The molecule has 0 saturated carbocycles. The van der Waals surface area contributed by atoms with Crippen LogP contribution in [0.4, 0.5) is 0 Å². The molecule has 0 aliphatic rings. The van der Waals surface area contributed by atoms with Gasteiger partial charge in [0.25, 0.3) is 0 Å². The van der Waals surface area contributed by atoms with Gasteiger partial charge in [-0.25, -0.2) is 9.13 Å². The summed E-state index contributed by atoms with van der Waals surface area (Å²) in [6.45, 7) is 3.72. The van der Waals surface area contributed by atoms with Gasteiger partial charge in [0, 0.05) is 12.8 Å². The van der Waals surface area contributed by atoms with Gasteiger partial charge in [-0.2, -0.15) is 0 Å². The molecule has 0 bridgehead atoms. The Labute approximate surface area is 335 Å².